The van der Waals surface area contributed by atoms with Gasteiger partial charge in [0.05, 0.1) is 0 Å². The van der Waals surface area contributed by atoms with Crippen LogP contribution in [0.15, 0.2) is 48.5 Å². The highest BCUT2D eigenvalue weighted by atomic mass is 32.1. The quantitative estimate of drug-likeness (QED) is 0.638. The lowest BCUT2D eigenvalue weighted by molar-refractivity contribution is -0.140. The Balaban J connectivity index is 1.45. The second kappa shape index (κ2) is 7.12. The van der Waals surface area contributed by atoms with Gasteiger partial charge in [0.2, 0.25) is 0 Å². The van der Waals surface area contributed by atoms with Crippen LogP contribution in [0.25, 0.3) is 10.1 Å². The van der Waals surface area contributed by atoms with E-state index in [-0.39, 0.29) is 11.7 Å². The Bertz CT molecular complexity index is 1030. The molecule has 6 heteroatoms. The minimum absolute atomic E-state index is 0.217. The van der Waals surface area contributed by atoms with Crippen molar-refractivity contribution in [2.75, 3.05) is 6.54 Å². The molecule has 1 aliphatic heterocycles. The van der Waals surface area contributed by atoms with Crippen LogP contribution in [0.3, 0.4) is 0 Å². The molecule has 0 aliphatic carbocycles. The van der Waals surface area contributed by atoms with Crippen LogP contribution >= 0.6 is 11.3 Å². The van der Waals surface area contributed by atoms with Crippen LogP contribution in [0.5, 0.6) is 0 Å². The average Bonchev–Trinajstić information content (AvgIpc) is 3.13. The van der Waals surface area contributed by atoms with Crippen molar-refractivity contribution in [3.63, 3.8) is 0 Å². The molecular formula is C21H18FNO3S. The van der Waals surface area contributed by atoms with Crippen molar-refractivity contribution >= 4 is 33.3 Å². The molecule has 2 aromatic carbocycles. The lowest BCUT2D eigenvalue weighted by atomic mass is 9.99. The molecule has 138 valence electrons. The largest absolute Gasteiger partial charge is 0.448 e. The van der Waals surface area contributed by atoms with Gasteiger partial charge < -0.3 is 9.64 Å². The molecule has 0 saturated heterocycles. The van der Waals surface area contributed by atoms with Crippen LogP contribution in [0.2, 0.25) is 0 Å². The first-order valence-corrected chi connectivity index (χ1v) is 9.59. The fourth-order valence-electron chi connectivity index (χ4n) is 3.34. The van der Waals surface area contributed by atoms with E-state index >= 15 is 0 Å². The van der Waals surface area contributed by atoms with Crippen molar-refractivity contribution < 1.29 is 18.7 Å². The van der Waals surface area contributed by atoms with Crippen LogP contribution in [-0.4, -0.2) is 29.4 Å². The SMILES string of the molecule is C[C@H](OC(=O)c1cc2c(F)cccc2s1)C(=O)N1CCc2ccccc2C1. The van der Waals surface area contributed by atoms with E-state index in [1.54, 1.807) is 24.0 Å². The minimum Gasteiger partial charge on any atom is -0.448 e. The Kier molecular flexibility index (Phi) is 4.66. The summed E-state index contributed by atoms with van der Waals surface area (Å²) >= 11 is 1.16. The highest BCUT2D eigenvalue weighted by Crippen LogP contribution is 2.28. The molecule has 0 N–H and O–H groups in total. The summed E-state index contributed by atoms with van der Waals surface area (Å²) in [5, 5.41) is 0.390. The van der Waals surface area contributed by atoms with E-state index in [1.807, 2.05) is 18.2 Å². The van der Waals surface area contributed by atoms with E-state index < -0.39 is 12.1 Å². The van der Waals surface area contributed by atoms with Gasteiger partial charge in [-0.1, -0.05) is 30.3 Å². The van der Waals surface area contributed by atoms with Crippen molar-refractivity contribution in [1.82, 2.24) is 4.90 Å². The van der Waals surface area contributed by atoms with E-state index in [0.717, 1.165) is 23.3 Å². The standard InChI is InChI=1S/C21H18FNO3S/c1-13(20(24)23-10-9-14-5-2-3-6-15(14)12-23)26-21(25)19-11-16-17(22)7-4-8-18(16)27-19/h2-8,11,13H,9-10,12H2,1H3/t13-/m0/s1. The number of amides is 1. The van der Waals surface area contributed by atoms with E-state index in [1.165, 1.54) is 17.7 Å². The van der Waals surface area contributed by atoms with Gasteiger partial charge in [-0.25, -0.2) is 9.18 Å². The van der Waals surface area contributed by atoms with E-state index in [4.69, 9.17) is 4.74 Å². The van der Waals surface area contributed by atoms with Gasteiger partial charge in [-0.3, -0.25) is 4.79 Å². The minimum atomic E-state index is -0.891. The zero-order chi connectivity index (χ0) is 19.0. The number of benzene rings is 2. The number of hydrogen-bond acceptors (Lipinski definition) is 4. The van der Waals surface area contributed by atoms with E-state index in [0.29, 0.717) is 28.1 Å². The first-order valence-electron chi connectivity index (χ1n) is 8.77. The lowest BCUT2D eigenvalue weighted by Gasteiger charge is -2.30. The number of thiophene rings is 1. The number of carbonyl (C=O) groups is 2. The van der Waals surface area contributed by atoms with Gasteiger partial charge in [-0.2, -0.15) is 0 Å². The first-order chi connectivity index (χ1) is 13.0. The van der Waals surface area contributed by atoms with E-state index in [9.17, 15) is 14.0 Å². The molecule has 2 heterocycles. The molecule has 1 aromatic heterocycles. The Labute approximate surface area is 160 Å². The zero-order valence-electron chi connectivity index (χ0n) is 14.8. The maximum absolute atomic E-state index is 13.8. The van der Waals surface area contributed by atoms with Gasteiger partial charge in [-0.15, -0.1) is 11.3 Å². The predicted octanol–water partition coefficient (Wildman–Crippen LogP) is 4.17. The molecule has 0 spiro atoms. The number of hydrogen-bond donors (Lipinski definition) is 0. The fourth-order valence-corrected chi connectivity index (χ4v) is 4.29. The third kappa shape index (κ3) is 3.45. The molecule has 3 aromatic rings. The second-order valence-electron chi connectivity index (χ2n) is 6.59. The van der Waals surface area contributed by atoms with E-state index in [2.05, 4.69) is 6.07 Å². The maximum Gasteiger partial charge on any atom is 0.349 e. The van der Waals surface area contributed by atoms with Crippen molar-refractivity contribution in [3.8, 4) is 0 Å². The summed E-state index contributed by atoms with van der Waals surface area (Å²) in [6, 6.07) is 14.2. The summed E-state index contributed by atoms with van der Waals surface area (Å²) in [5.74, 6) is -1.20. The Hall–Kier alpha value is -2.73. The molecule has 0 radical (unpaired) electrons. The third-order valence-corrected chi connectivity index (χ3v) is 5.86. The van der Waals surface area contributed by atoms with Crippen LogP contribution in [0.4, 0.5) is 4.39 Å². The summed E-state index contributed by atoms with van der Waals surface area (Å²) in [6.45, 7) is 2.70. The average molecular weight is 383 g/mol. The van der Waals surface area contributed by atoms with Crippen LogP contribution in [-0.2, 0) is 22.5 Å². The molecule has 27 heavy (non-hydrogen) atoms. The van der Waals surface area contributed by atoms with Crippen molar-refractivity contribution in [2.45, 2.75) is 26.0 Å². The normalized spacial score (nSPS) is 14.7. The molecule has 1 aliphatic rings. The topological polar surface area (TPSA) is 46.6 Å². The molecule has 1 amide bonds. The number of halogens is 1. The zero-order valence-corrected chi connectivity index (χ0v) is 15.6. The van der Waals surface area contributed by atoms with Crippen LogP contribution in [0.1, 0.15) is 27.7 Å². The number of fused-ring (bicyclic) bond motifs is 2. The molecule has 4 rings (SSSR count). The molecular weight excluding hydrogens is 365 g/mol. The van der Waals surface area contributed by atoms with Gasteiger partial charge in [0.25, 0.3) is 5.91 Å². The Morgan fingerprint density at radius 1 is 1.15 bits per heavy atom. The maximum atomic E-state index is 13.8. The summed E-state index contributed by atoms with van der Waals surface area (Å²) in [6.07, 6.45) is -0.101. The number of esters is 1. The van der Waals surface area contributed by atoms with Crippen LogP contribution in [0, 0.1) is 5.82 Å². The predicted molar refractivity (Wildman–Crippen MR) is 102 cm³/mol. The molecule has 0 unspecified atom stereocenters. The number of rotatable bonds is 3. The summed E-state index contributed by atoms with van der Waals surface area (Å²) < 4.78 is 19.9. The number of carbonyl (C=O) groups excluding carboxylic acids is 2. The van der Waals surface area contributed by atoms with Crippen molar-refractivity contribution in [2.24, 2.45) is 0 Å². The summed E-state index contributed by atoms with van der Waals surface area (Å²) in [5.41, 5.74) is 2.37. The first kappa shape index (κ1) is 17.7. The third-order valence-electron chi connectivity index (χ3n) is 4.78. The van der Waals surface area contributed by atoms with Gasteiger partial charge >= 0.3 is 5.97 Å². The Morgan fingerprint density at radius 3 is 2.70 bits per heavy atom. The number of ether oxygens (including phenoxy) is 1. The molecule has 0 fully saturated rings. The fraction of sp³-hybridized carbons (Fsp3) is 0.238. The monoisotopic (exact) mass is 383 g/mol. The molecule has 1 atom stereocenters. The van der Waals surface area contributed by atoms with Gasteiger partial charge in [0, 0.05) is 23.2 Å². The van der Waals surface area contributed by atoms with Crippen LogP contribution < -0.4 is 0 Å². The summed E-state index contributed by atoms with van der Waals surface area (Å²) in [4.78, 5) is 27.1. The second-order valence-corrected chi connectivity index (χ2v) is 7.67. The molecule has 0 bridgehead atoms. The van der Waals surface area contributed by atoms with Gasteiger partial charge in [0.1, 0.15) is 10.7 Å². The highest BCUT2D eigenvalue weighted by Gasteiger charge is 2.27. The lowest BCUT2D eigenvalue weighted by Crippen LogP contribution is -2.42. The molecule has 0 saturated carbocycles. The van der Waals surface area contributed by atoms with Gasteiger partial charge in [-0.05, 0) is 42.7 Å². The number of nitrogens with zero attached hydrogens (tertiary/aromatic N) is 1. The van der Waals surface area contributed by atoms with Crippen molar-refractivity contribution in [1.29, 1.82) is 0 Å². The smallest absolute Gasteiger partial charge is 0.349 e. The Morgan fingerprint density at radius 2 is 1.93 bits per heavy atom. The summed E-state index contributed by atoms with van der Waals surface area (Å²) in [7, 11) is 0. The van der Waals surface area contributed by atoms with Crippen molar-refractivity contribution in [3.05, 3.63) is 70.4 Å². The van der Waals surface area contributed by atoms with Gasteiger partial charge in [0.15, 0.2) is 6.10 Å². The highest BCUT2D eigenvalue weighted by molar-refractivity contribution is 7.20. The molecule has 4 nitrogen and oxygen atoms in total.